The molecule has 0 saturated carbocycles. The van der Waals surface area contributed by atoms with E-state index in [4.69, 9.17) is 9.47 Å². The summed E-state index contributed by atoms with van der Waals surface area (Å²) in [6.45, 7) is 5.14. The Bertz CT molecular complexity index is 1060. The molecule has 3 aromatic rings. The third kappa shape index (κ3) is 3.66. The van der Waals surface area contributed by atoms with Gasteiger partial charge in [-0.2, -0.15) is 0 Å². The summed E-state index contributed by atoms with van der Waals surface area (Å²) in [6, 6.07) is 18.1. The van der Waals surface area contributed by atoms with Crippen molar-refractivity contribution in [3.63, 3.8) is 0 Å². The third-order valence-electron chi connectivity index (χ3n) is 5.70. The summed E-state index contributed by atoms with van der Waals surface area (Å²) in [5, 5.41) is 3.02. The molecule has 0 spiro atoms. The second-order valence-corrected chi connectivity index (χ2v) is 7.82. The molecular weight excluding hydrogens is 378 g/mol. The quantitative estimate of drug-likeness (QED) is 0.723. The zero-order chi connectivity index (χ0) is 20.5. The van der Waals surface area contributed by atoms with Crippen LogP contribution in [0.3, 0.4) is 0 Å². The number of rotatable bonds is 4. The first-order valence-corrected chi connectivity index (χ1v) is 10.3. The smallest absolute Gasteiger partial charge is 0.238 e. The number of ether oxygens (including phenoxy) is 2. The van der Waals surface area contributed by atoms with Gasteiger partial charge < -0.3 is 19.4 Å². The standard InChI is InChI=1S/C24H25N3O3/c1-17-4-7-19(8-5-17)25-23(28)16-27-12-11-26-10-2-3-20(26)24(27)18-6-9-21-22(15-18)30-14-13-29-21/h2-10,15,24H,11-14,16H2,1H3,(H,25,28)/t24-/m1/s1. The minimum Gasteiger partial charge on any atom is -0.486 e. The minimum atomic E-state index is -0.0201. The molecule has 0 radical (unpaired) electrons. The van der Waals surface area contributed by atoms with Crippen LogP contribution in [0.4, 0.5) is 5.69 Å². The lowest BCUT2D eigenvalue weighted by Crippen LogP contribution is -2.42. The van der Waals surface area contributed by atoms with E-state index in [1.54, 1.807) is 0 Å². The summed E-state index contributed by atoms with van der Waals surface area (Å²) in [5.41, 5.74) is 4.27. The predicted octanol–water partition coefficient (Wildman–Crippen LogP) is 3.61. The van der Waals surface area contributed by atoms with E-state index < -0.39 is 0 Å². The number of nitrogens with one attached hydrogen (secondary N) is 1. The number of aromatic nitrogens is 1. The van der Waals surface area contributed by atoms with Crippen molar-refractivity contribution in [3.05, 3.63) is 77.6 Å². The largest absolute Gasteiger partial charge is 0.486 e. The van der Waals surface area contributed by atoms with Crippen LogP contribution in [0.1, 0.15) is 22.9 Å². The molecule has 0 aliphatic carbocycles. The van der Waals surface area contributed by atoms with Crippen LogP contribution >= 0.6 is 0 Å². The maximum atomic E-state index is 12.8. The molecular formula is C24H25N3O3. The zero-order valence-corrected chi connectivity index (χ0v) is 17.0. The van der Waals surface area contributed by atoms with Gasteiger partial charge >= 0.3 is 0 Å². The van der Waals surface area contributed by atoms with Crippen molar-refractivity contribution in [1.29, 1.82) is 0 Å². The summed E-state index contributed by atoms with van der Waals surface area (Å²) in [5.74, 6) is 1.53. The van der Waals surface area contributed by atoms with Crippen LogP contribution in [0.5, 0.6) is 11.5 Å². The summed E-state index contributed by atoms with van der Waals surface area (Å²) >= 11 is 0. The van der Waals surface area contributed by atoms with Gasteiger partial charge in [-0.3, -0.25) is 9.69 Å². The van der Waals surface area contributed by atoms with Gasteiger partial charge in [-0.05, 0) is 48.9 Å². The fraction of sp³-hybridized carbons (Fsp3) is 0.292. The van der Waals surface area contributed by atoms with Gasteiger partial charge in [0, 0.05) is 30.7 Å². The summed E-state index contributed by atoms with van der Waals surface area (Å²) in [4.78, 5) is 15.0. The number of aryl methyl sites for hydroxylation is 1. The van der Waals surface area contributed by atoms with Crippen LogP contribution < -0.4 is 14.8 Å². The highest BCUT2D eigenvalue weighted by Crippen LogP contribution is 2.38. The SMILES string of the molecule is Cc1ccc(NC(=O)CN2CCn3cccc3[C@H]2c2ccc3c(c2)OCCO3)cc1. The first-order valence-electron chi connectivity index (χ1n) is 10.3. The highest BCUT2D eigenvalue weighted by Gasteiger charge is 2.31. The van der Waals surface area contributed by atoms with Crippen molar-refractivity contribution in [2.75, 3.05) is 31.6 Å². The Morgan fingerprint density at radius 1 is 1.03 bits per heavy atom. The van der Waals surface area contributed by atoms with E-state index in [1.165, 1.54) is 11.3 Å². The maximum Gasteiger partial charge on any atom is 0.238 e. The van der Waals surface area contributed by atoms with Gasteiger partial charge in [0.25, 0.3) is 0 Å². The number of anilines is 1. The molecule has 6 heteroatoms. The molecule has 1 atom stereocenters. The van der Waals surface area contributed by atoms with Gasteiger partial charge in [-0.25, -0.2) is 0 Å². The summed E-state index contributed by atoms with van der Waals surface area (Å²) in [7, 11) is 0. The Kier molecular flexibility index (Phi) is 4.93. The molecule has 0 fully saturated rings. The average molecular weight is 403 g/mol. The van der Waals surface area contributed by atoms with E-state index in [-0.39, 0.29) is 11.9 Å². The molecule has 0 unspecified atom stereocenters. The molecule has 1 N–H and O–H groups in total. The van der Waals surface area contributed by atoms with Crippen LogP contribution in [0.25, 0.3) is 0 Å². The van der Waals surface area contributed by atoms with Gasteiger partial charge in [0.05, 0.1) is 12.6 Å². The predicted molar refractivity (Wildman–Crippen MR) is 115 cm³/mol. The van der Waals surface area contributed by atoms with E-state index in [0.717, 1.165) is 35.8 Å². The molecule has 2 aliphatic heterocycles. The van der Waals surface area contributed by atoms with Crippen LogP contribution in [0, 0.1) is 6.92 Å². The van der Waals surface area contributed by atoms with Crippen LogP contribution in [0.2, 0.25) is 0 Å². The number of carbonyl (C=O) groups excluding carboxylic acids is 1. The Hall–Kier alpha value is -3.25. The molecule has 5 rings (SSSR count). The monoisotopic (exact) mass is 403 g/mol. The van der Waals surface area contributed by atoms with Crippen LogP contribution in [-0.2, 0) is 11.3 Å². The number of amides is 1. The Labute approximate surface area is 176 Å². The van der Waals surface area contributed by atoms with Gasteiger partial charge in [-0.1, -0.05) is 23.8 Å². The number of nitrogens with zero attached hydrogens (tertiary/aromatic N) is 2. The summed E-state index contributed by atoms with van der Waals surface area (Å²) in [6.07, 6.45) is 2.10. The Morgan fingerprint density at radius 3 is 2.67 bits per heavy atom. The summed E-state index contributed by atoms with van der Waals surface area (Å²) < 4.78 is 13.7. The average Bonchev–Trinajstić information content (AvgIpc) is 3.24. The van der Waals surface area contributed by atoms with E-state index in [9.17, 15) is 4.79 Å². The minimum absolute atomic E-state index is 0.0126. The zero-order valence-electron chi connectivity index (χ0n) is 17.0. The number of carbonyl (C=O) groups is 1. The second kappa shape index (κ2) is 7.88. The van der Waals surface area contributed by atoms with E-state index in [1.807, 2.05) is 43.3 Å². The Morgan fingerprint density at radius 2 is 1.83 bits per heavy atom. The molecule has 1 aromatic heterocycles. The molecule has 0 bridgehead atoms. The van der Waals surface area contributed by atoms with Gasteiger partial charge in [0.15, 0.2) is 11.5 Å². The van der Waals surface area contributed by atoms with Crippen LogP contribution in [-0.4, -0.2) is 41.7 Å². The fourth-order valence-corrected chi connectivity index (χ4v) is 4.24. The molecule has 2 aliphatic rings. The third-order valence-corrected chi connectivity index (χ3v) is 5.70. The molecule has 1 amide bonds. The molecule has 6 nitrogen and oxygen atoms in total. The van der Waals surface area contributed by atoms with Crippen molar-refractivity contribution in [3.8, 4) is 11.5 Å². The van der Waals surface area contributed by atoms with Crippen molar-refractivity contribution < 1.29 is 14.3 Å². The number of hydrogen-bond donors (Lipinski definition) is 1. The highest BCUT2D eigenvalue weighted by atomic mass is 16.6. The van der Waals surface area contributed by atoms with Crippen LogP contribution in [0.15, 0.2) is 60.8 Å². The van der Waals surface area contributed by atoms with Crippen molar-refractivity contribution >= 4 is 11.6 Å². The molecule has 30 heavy (non-hydrogen) atoms. The number of hydrogen-bond acceptors (Lipinski definition) is 4. The van der Waals surface area contributed by atoms with Crippen molar-refractivity contribution in [2.24, 2.45) is 0 Å². The molecule has 0 saturated heterocycles. The fourth-order valence-electron chi connectivity index (χ4n) is 4.24. The van der Waals surface area contributed by atoms with Gasteiger partial charge in [0.1, 0.15) is 13.2 Å². The van der Waals surface area contributed by atoms with E-state index in [0.29, 0.717) is 19.8 Å². The van der Waals surface area contributed by atoms with E-state index in [2.05, 4.69) is 39.2 Å². The molecule has 3 heterocycles. The lowest BCUT2D eigenvalue weighted by molar-refractivity contribution is -0.117. The van der Waals surface area contributed by atoms with Gasteiger partial charge in [-0.15, -0.1) is 0 Å². The number of fused-ring (bicyclic) bond motifs is 2. The molecule has 154 valence electrons. The Balaban J connectivity index is 1.41. The second-order valence-electron chi connectivity index (χ2n) is 7.82. The first kappa shape index (κ1) is 18.8. The highest BCUT2D eigenvalue weighted by molar-refractivity contribution is 5.92. The van der Waals surface area contributed by atoms with Crippen molar-refractivity contribution in [2.45, 2.75) is 19.5 Å². The maximum absolute atomic E-state index is 12.8. The van der Waals surface area contributed by atoms with Gasteiger partial charge in [0.2, 0.25) is 5.91 Å². The lowest BCUT2D eigenvalue weighted by atomic mass is 9.99. The lowest BCUT2D eigenvalue weighted by Gasteiger charge is -2.37. The van der Waals surface area contributed by atoms with Crippen molar-refractivity contribution in [1.82, 2.24) is 9.47 Å². The topological polar surface area (TPSA) is 55.7 Å². The first-order chi connectivity index (χ1) is 14.7. The molecule has 2 aromatic carbocycles. The van der Waals surface area contributed by atoms with E-state index >= 15 is 0 Å². The normalized spacial score (nSPS) is 18.0. The number of benzene rings is 2.